The van der Waals surface area contributed by atoms with Crippen molar-refractivity contribution >= 4 is 28.3 Å². The maximum atomic E-state index is 11.9. The second-order valence-electron chi connectivity index (χ2n) is 6.36. The van der Waals surface area contributed by atoms with Crippen molar-refractivity contribution < 1.29 is 4.79 Å². The predicted molar refractivity (Wildman–Crippen MR) is 99.5 cm³/mol. The highest BCUT2D eigenvalue weighted by Gasteiger charge is 2.12. The number of nitrogens with one attached hydrogen (secondary N) is 1. The van der Waals surface area contributed by atoms with Gasteiger partial charge in [-0.3, -0.25) is 4.79 Å². The smallest absolute Gasteiger partial charge is 0.261 e. The van der Waals surface area contributed by atoms with Gasteiger partial charge in [-0.1, -0.05) is 32.0 Å². The molecule has 1 amide bonds. The van der Waals surface area contributed by atoms with Crippen molar-refractivity contribution in [1.29, 1.82) is 0 Å². The summed E-state index contributed by atoms with van der Waals surface area (Å²) < 4.78 is 2.32. The lowest BCUT2D eigenvalue weighted by molar-refractivity contribution is 0.0957. The van der Waals surface area contributed by atoms with Crippen LogP contribution in [-0.2, 0) is 13.0 Å². The van der Waals surface area contributed by atoms with Crippen molar-refractivity contribution in [3.63, 3.8) is 0 Å². The monoisotopic (exact) mass is 341 g/mol. The number of aromatic nitrogens is 2. The number of fused-ring (bicyclic) bond motifs is 1. The Kier molecular flexibility index (Phi) is 5.30. The van der Waals surface area contributed by atoms with Crippen LogP contribution in [0.3, 0.4) is 0 Å². The number of amides is 1. The van der Waals surface area contributed by atoms with Gasteiger partial charge in [-0.25, -0.2) is 4.98 Å². The van der Waals surface area contributed by atoms with E-state index in [0.717, 1.165) is 35.6 Å². The van der Waals surface area contributed by atoms with Crippen LogP contribution in [0, 0.1) is 5.92 Å². The molecule has 0 saturated heterocycles. The summed E-state index contributed by atoms with van der Waals surface area (Å²) in [7, 11) is 0. The average Bonchev–Trinajstić information content (AvgIpc) is 3.20. The molecule has 1 N–H and O–H groups in total. The van der Waals surface area contributed by atoms with Crippen LogP contribution in [0.2, 0.25) is 0 Å². The van der Waals surface area contributed by atoms with Crippen molar-refractivity contribution in [2.24, 2.45) is 5.92 Å². The molecule has 126 valence electrons. The summed E-state index contributed by atoms with van der Waals surface area (Å²) in [6.45, 7) is 6.08. The summed E-state index contributed by atoms with van der Waals surface area (Å²) in [4.78, 5) is 17.5. The third-order valence-electron chi connectivity index (χ3n) is 3.89. The molecule has 0 saturated carbocycles. The number of aryl methyl sites for hydroxylation is 1. The summed E-state index contributed by atoms with van der Waals surface area (Å²) in [5.41, 5.74) is 2.25. The minimum absolute atomic E-state index is 0.0145. The number of hydrogen-bond donors (Lipinski definition) is 1. The molecule has 1 aromatic carbocycles. The number of hydrogen-bond acceptors (Lipinski definition) is 3. The van der Waals surface area contributed by atoms with E-state index in [1.54, 1.807) is 0 Å². The second kappa shape index (κ2) is 7.62. The van der Waals surface area contributed by atoms with Gasteiger partial charge in [0, 0.05) is 19.5 Å². The van der Waals surface area contributed by atoms with Crippen molar-refractivity contribution in [2.75, 3.05) is 6.54 Å². The van der Waals surface area contributed by atoms with E-state index in [1.807, 2.05) is 23.6 Å². The number of carbonyl (C=O) groups is 1. The van der Waals surface area contributed by atoms with Crippen LogP contribution in [0.25, 0.3) is 11.0 Å². The summed E-state index contributed by atoms with van der Waals surface area (Å²) in [5, 5.41) is 4.90. The van der Waals surface area contributed by atoms with Gasteiger partial charge in [0.15, 0.2) is 0 Å². The van der Waals surface area contributed by atoms with Gasteiger partial charge in [-0.2, -0.15) is 0 Å². The number of imidazole rings is 1. The van der Waals surface area contributed by atoms with Crippen molar-refractivity contribution in [2.45, 2.75) is 33.2 Å². The van der Waals surface area contributed by atoms with Gasteiger partial charge in [0.25, 0.3) is 5.91 Å². The highest BCUT2D eigenvalue weighted by atomic mass is 32.1. The minimum atomic E-state index is 0.0145. The Morgan fingerprint density at radius 1 is 1.25 bits per heavy atom. The number of thiophene rings is 1. The number of nitrogens with zero attached hydrogens (tertiary/aromatic N) is 2. The molecular formula is C19H23N3OS. The third kappa shape index (κ3) is 3.85. The first-order valence-corrected chi connectivity index (χ1v) is 9.29. The van der Waals surface area contributed by atoms with Gasteiger partial charge >= 0.3 is 0 Å². The highest BCUT2D eigenvalue weighted by molar-refractivity contribution is 7.12. The van der Waals surface area contributed by atoms with E-state index in [-0.39, 0.29) is 5.91 Å². The molecule has 3 aromatic rings. The summed E-state index contributed by atoms with van der Waals surface area (Å²) >= 11 is 1.47. The van der Waals surface area contributed by atoms with Crippen LogP contribution in [0.4, 0.5) is 0 Å². The molecular weight excluding hydrogens is 318 g/mol. The molecule has 0 radical (unpaired) electrons. The molecule has 0 aliphatic carbocycles. The maximum Gasteiger partial charge on any atom is 0.261 e. The first kappa shape index (κ1) is 16.7. The highest BCUT2D eigenvalue weighted by Crippen LogP contribution is 2.18. The van der Waals surface area contributed by atoms with Crippen LogP contribution < -0.4 is 5.32 Å². The Hall–Kier alpha value is -2.14. The lowest BCUT2D eigenvalue weighted by Gasteiger charge is -2.12. The topological polar surface area (TPSA) is 46.9 Å². The Bertz CT molecular complexity index is 805. The lowest BCUT2D eigenvalue weighted by Crippen LogP contribution is -2.24. The van der Waals surface area contributed by atoms with E-state index < -0.39 is 0 Å². The minimum Gasteiger partial charge on any atom is -0.351 e. The molecule has 0 unspecified atom stereocenters. The Morgan fingerprint density at radius 2 is 2.08 bits per heavy atom. The van der Waals surface area contributed by atoms with Gasteiger partial charge in [0.2, 0.25) is 0 Å². The van der Waals surface area contributed by atoms with Crippen LogP contribution in [0.5, 0.6) is 0 Å². The van der Waals surface area contributed by atoms with E-state index in [9.17, 15) is 4.79 Å². The Labute approximate surface area is 146 Å². The molecule has 0 aliphatic rings. The van der Waals surface area contributed by atoms with Gasteiger partial charge in [0.1, 0.15) is 5.82 Å². The molecule has 5 heteroatoms. The van der Waals surface area contributed by atoms with Crippen LogP contribution >= 0.6 is 11.3 Å². The van der Waals surface area contributed by atoms with Crippen LogP contribution in [0.15, 0.2) is 41.8 Å². The first-order chi connectivity index (χ1) is 11.6. The molecule has 0 aliphatic heterocycles. The predicted octanol–water partition coefficient (Wildman–Crippen LogP) is 4.12. The zero-order valence-corrected chi connectivity index (χ0v) is 15.0. The fraction of sp³-hybridized carbons (Fsp3) is 0.368. The number of para-hydroxylation sites is 2. The van der Waals surface area contributed by atoms with E-state index in [1.165, 1.54) is 16.9 Å². The standard InChI is InChI=1S/C19H23N3OS/c1-14(2)13-22-16-8-4-3-7-15(16)21-18(22)10-5-11-20-19(23)17-9-6-12-24-17/h3-4,6-9,12,14H,5,10-11,13H2,1-2H3,(H,20,23). The van der Waals surface area contributed by atoms with Gasteiger partial charge in [0.05, 0.1) is 15.9 Å². The zero-order valence-electron chi connectivity index (χ0n) is 14.2. The summed E-state index contributed by atoms with van der Waals surface area (Å²) in [6.07, 6.45) is 1.75. The van der Waals surface area contributed by atoms with Gasteiger partial charge in [-0.05, 0) is 35.9 Å². The van der Waals surface area contributed by atoms with Gasteiger partial charge in [-0.15, -0.1) is 11.3 Å². The Morgan fingerprint density at radius 3 is 2.83 bits per heavy atom. The molecule has 2 aromatic heterocycles. The largest absolute Gasteiger partial charge is 0.351 e. The first-order valence-electron chi connectivity index (χ1n) is 8.41. The quantitative estimate of drug-likeness (QED) is 0.657. The molecule has 0 fully saturated rings. The van der Waals surface area contributed by atoms with E-state index in [0.29, 0.717) is 12.5 Å². The second-order valence-corrected chi connectivity index (χ2v) is 7.31. The van der Waals surface area contributed by atoms with E-state index in [4.69, 9.17) is 4.98 Å². The normalized spacial score (nSPS) is 11.3. The summed E-state index contributed by atoms with van der Waals surface area (Å²) in [6, 6.07) is 12.0. The maximum absolute atomic E-state index is 11.9. The van der Waals surface area contributed by atoms with Crippen molar-refractivity contribution in [3.8, 4) is 0 Å². The Balaban J connectivity index is 1.63. The van der Waals surface area contributed by atoms with Crippen molar-refractivity contribution in [3.05, 3.63) is 52.5 Å². The van der Waals surface area contributed by atoms with Crippen LogP contribution in [0.1, 0.15) is 35.8 Å². The van der Waals surface area contributed by atoms with Crippen LogP contribution in [-0.4, -0.2) is 22.0 Å². The van der Waals surface area contributed by atoms with Crippen molar-refractivity contribution in [1.82, 2.24) is 14.9 Å². The van der Waals surface area contributed by atoms with E-state index >= 15 is 0 Å². The fourth-order valence-corrected chi connectivity index (χ4v) is 3.47. The molecule has 4 nitrogen and oxygen atoms in total. The van der Waals surface area contributed by atoms with Gasteiger partial charge < -0.3 is 9.88 Å². The number of rotatable bonds is 7. The number of benzene rings is 1. The molecule has 3 rings (SSSR count). The number of carbonyl (C=O) groups excluding carboxylic acids is 1. The lowest BCUT2D eigenvalue weighted by atomic mass is 10.2. The van der Waals surface area contributed by atoms with E-state index in [2.05, 4.69) is 41.9 Å². The molecule has 2 heterocycles. The SMILES string of the molecule is CC(C)Cn1c(CCCNC(=O)c2cccs2)nc2ccccc21. The molecule has 0 atom stereocenters. The molecule has 0 bridgehead atoms. The molecule has 0 spiro atoms. The zero-order chi connectivity index (χ0) is 16.9. The fourth-order valence-electron chi connectivity index (χ4n) is 2.83. The third-order valence-corrected chi connectivity index (χ3v) is 4.76. The molecule has 24 heavy (non-hydrogen) atoms. The average molecular weight is 341 g/mol. The summed E-state index contributed by atoms with van der Waals surface area (Å²) in [5.74, 6) is 1.69.